The Morgan fingerprint density at radius 2 is 1.88 bits per heavy atom. The van der Waals surface area contributed by atoms with Crippen LogP contribution >= 0.6 is 0 Å². The first-order valence-corrected chi connectivity index (χ1v) is 6.03. The molecule has 1 unspecified atom stereocenters. The van der Waals surface area contributed by atoms with Crippen LogP contribution in [0.25, 0.3) is 0 Å². The van der Waals surface area contributed by atoms with Crippen LogP contribution in [-0.4, -0.2) is 17.6 Å². The van der Waals surface area contributed by atoms with Gasteiger partial charge in [-0.3, -0.25) is 4.79 Å². The smallest absolute Gasteiger partial charge is 0.308 e. The SMILES string of the molecule is CC(C)Cc1cccc(CC(CN)C(=O)O)c1. The topological polar surface area (TPSA) is 63.3 Å². The quantitative estimate of drug-likeness (QED) is 0.793. The molecule has 0 amide bonds. The van der Waals surface area contributed by atoms with E-state index < -0.39 is 11.9 Å². The van der Waals surface area contributed by atoms with Gasteiger partial charge in [-0.1, -0.05) is 38.1 Å². The maximum Gasteiger partial charge on any atom is 0.308 e. The number of nitrogens with two attached hydrogens (primary N) is 1. The molecule has 0 bridgehead atoms. The number of hydrogen-bond donors (Lipinski definition) is 2. The van der Waals surface area contributed by atoms with Crippen molar-refractivity contribution in [2.24, 2.45) is 17.6 Å². The van der Waals surface area contributed by atoms with Crippen molar-refractivity contribution in [2.45, 2.75) is 26.7 Å². The zero-order chi connectivity index (χ0) is 12.8. The summed E-state index contributed by atoms with van der Waals surface area (Å²) >= 11 is 0. The van der Waals surface area contributed by atoms with Crippen molar-refractivity contribution < 1.29 is 9.90 Å². The molecule has 17 heavy (non-hydrogen) atoms. The second kappa shape index (κ2) is 6.40. The normalized spacial score (nSPS) is 12.7. The summed E-state index contributed by atoms with van der Waals surface area (Å²) in [5, 5.41) is 8.97. The molecule has 0 saturated heterocycles. The third-order valence-electron chi connectivity index (χ3n) is 2.75. The molecule has 0 aliphatic carbocycles. The minimum absolute atomic E-state index is 0.184. The maximum atomic E-state index is 10.9. The Morgan fingerprint density at radius 3 is 2.35 bits per heavy atom. The predicted molar refractivity (Wildman–Crippen MR) is 68.9 cm³/mol. The molecule has 3 nitrogen and oxygen atoms in total. The van der Waals surface area contributed by atoms with Gasteiger partial charge in [-0.05, 0) is 29.9 Å². The van der Waals surface area contributed by atoms with Gasteiger partial charge in [-0.2, -0.15) is 0 Å². The molecule has 0 fully saturated rings. The highest BCUT2D eigenvalue weighted by molar-refractivity contribution is 5.70. The Kier molecular flexibility index (Phi) is 5.16. The van der Waals surface area contributed by atoms with E-state index in [1.165, 1.54) is 5.56 Å². The van der Waals surface area contributed by atoms with Crippen molar-refractivity contribution in [1.29, 1.82) is 0 Å². The van der Waals surface area contributed by atoms with E-state index in [4.69, 9.17) is 10.8 Å². The Morgan fingerprint density at radius 1 is 1.29 bits per heavy atom. The first kappa shape index (κ1) is 13.7. The molecule has 94 valence electrons. The summed E-state index contributed by atoms with van der Waals surface area (Å²) in [5.74, 6) is -0.693. The molecule has 0 saturated carbocycles. The van der Waals surface area contributed by atoms with Crippen molar-refractivity contribution in [3.05, 3.63) is 35.4 Å². The number of benzene rings is 1. The molecule has 3 N–H and O–H groups in total. The first-order chi connectivity index (χ1) is 8.02. The summed E-state index contributed by atoms with van der Waals surface area (Å²) < 4.78 is 0. The van der Waals surface area contributed by atoms with Crippen molar-refractivity contribution in [3.63, 3.8) is 0 Å². The van der Waals surface area contributed by atoms with Gasteiger partial charge in [0, 0.05) is 6.54 Å². The number of hydrogen-bond acceptors (Lipinski definition) is 2. The Hall–Kier alpha value is -1.35. The lowest BCUT2D eigenvalue weighted by Gasteiger charge is -2.11. The molecule has 0 spiro atoms. The zero-order valence-corrected chi connectivity index (χ0v) is 10.5. The van der Waals surface area contributed by atoms with Gasteiger partial charge in [-0.15, -0.1) is 0 Å². The molecule has 1 aromatic rings. The van der Waals surface area contributed by atoms with Crippen LogP contribution in [0.15, 0.2) is 24.3 Å². The monoisotopic (exact) mass is 235 g/mol. The number of carboxylic acid groups (broad SMARTS) is 1. The van der Waals surface area contributed by atoms with Crippen molar-refractivity contribution in [2.75, 3.05) is 6.54 Å². The fourth-order valence-electron chi connectivity index (χ4n) is 1.91. The minimum Gasteiger partial charge on any atom is -0.481 e. The summed E-state index contributed by atoms with van der Waals surface area (Å²) in [6.07, 6.45) is 1.53. The Balaban J connectivity index is 2.74. The molecule has 0 aliphatic heterocycles. The van der Waals surface area contributed by atoms with E-state index in [0.29, 0.717) is 12.3 Å². The molecule has 1 aromatic carbocycles. The van der Waals surface area contributed by atoms with Crippen LogP contribution in [0, 0.1) is 11.8 Å². The fourth-order valence-corrected chi connectivity index (χ4v) is 1.91. The van der Waals surface area contributed by atoms with Gasteiger partial charge < -0.3 is 10.8 Å². The molecule has 0 aliphatic rings. The van der Waals surface area contributed by atoms with Crippen molar-refractivity contribution in [1.82, 2.24) is 0 Å². The van der Waals surface area contributed by atoms with Crippen LogP contribution in [0.1, 0.15) is 25.0 Å². The number of rotatable bonds is 6. The number of aliphatic carboxylic acids is 1. The van der Waals surface area contributed by atoms with E-state index in [-0.39, 0.29) is 6.54 Å². The third kappa shape index (κ3) is 4.57. The molecule has 1 rings (SSSR count). The van der Waals surface area contributed by atoms with Gasteiger partial charge in [0.25, 0.3) is 0 Å². The van der Waals surface area contributed by atoms with Crippen LogP contribution in [-0.2, 0) is 17.6 Å². The highest BCUT2D eigenvalue weighted by Gasteiger charge is 2.15. The molecular formula is C14H21NO2. The van der Waals surface area contributed by atoms with E-state index in [0.717, 1.165) is 12.0 Å². The van der Waals surface area contributed by atoms with E-state index in [2.05, 4.69) is 26.0 Å². The highest BCUT2D eigenvalue weighted by Crippen LogP contribution is 2.14. The van der Waals surface area contributed by atoms with Crippen molar-refractivity contribution in [3.8, 4) is 0 Å². The summed E-state index contributed by atoms with van der Waals surface area (Å²) in [7, 11) is 0. The lowest BCUT2D eigenvalue weighted by Crippen LogP contribution is -2.25. The summed E-state index contributed by atoms with van der Waals surface area (Å²) in [4.78, 5) is 10.9. The van der Waals surface area contributed by atoms with E-state index in [9.17, 15) is 4.79 Å². The Labute approximate surface area is 103 Å². The fraction of sp³-hybridized carbons (Fsp3) is 0.500. The molecule has 0 radical (unpaired) electrons. The van der Waals surface area contributed by atoms with Gasteiger partial charge in [0.1, 0.15) is 0 Å². The van der Waals surface area contributed by atoms with Crippen LogP contribution in [0.4, 0.5) is 0 Å². The van der Waals surface area contributed by atoms with E-state index in [1.54, 1.807) is 0 Å². The average molecular weight is 235 g/mol. The van der Waals surface area contributed by atoms with Gasteiger partial charge in [-0.25, -0.2) is 0 Å². The largest absolute Gasteiger partial charge is 0.481 e. The summed E-state index contributed by atoms with van der Waals surface area (Å²) in [5.41, 5.74) is 7.78. The lowest BCUT2D eigenvalue weighted by molar-refractivity contribution is -0.141. The van der Waals surface area contributed by atoms with Crippen LogP contribution < -0.4 is 5.73 Å². The van der Waals surface area contributed by atoms with Gasteiger partial charge in [0.15, 0.2) is 0 Å². The first-order valence-electron chi connectivity index (χ1n) is 6.03. The average Bonchev–Trinajstić information content (AvgIpc) is 2.25. The maximum absolute atomic E-state index is 10.9. The number of carboxylic acids is 1. The second-order valence-corrected chi connectivity index (χ2v) is 4.89. The minimum atomic E-state index is -0.818. The van der Waals surface area contributed by atoms with Gasteiger partial charge in [0.05, 0.1) is 5.92 Å². The number of carbonyl (C=O) groups is 1. The molecule has 0 heterocycles. The second-order valence-electron chi connectivity index (χ2n) is 4.89. The molecule has 1 atom stereocenters. The lowest BCUT2D eigenvalue weighted by atomic mass is 9.95. The zero-order valence-electron chi connectivity index (χ0n) is 10.5. The van der Waals surface area contributed by atoms with E-state index >= 15 is 0 Å². The van der Waals surface area contributed by atoms with Crippen LogP contribution in [0.3, 0.4) is 0 Å². The van der Waals surface area contributed by atoms with E-state index in [1.807, 2.05) is 12.1 Å². The molecular weight excluding hydrogens is 214 g/mol. The van der Waals surface area contributed by atoms with Gasteiger partial charge in [0.2, 0.25) is 0 Å². The summed E-state index contributed by atoms with van der Waals surface area (Å²) in [6, 6.07) is 8.13. The summed E-state index contributed by atoms with van der Waals surface area (Å²) in [6.45, 7) is 4.53. The predicted octanol–water partition coefficient (Wildman–Crippen LogP) is 2.09. The van der Waals surface area contributed by atoms with Gasteiger partial charge >= 0.3 is 5.97 Å². The standard InChI is InChI=1S/C14H21NO2/c1-10(2)6-11-4-3-5-12(7-11)8-13(9-15)14(16)17/h3-5,7,10,13H,6,8-9,15H2,1-2H3,(H,16,17). The highest BCUT2D eigenvalue weighted by atomic mass is 16.4. The molecule has 0 aromatic heterocycles. The third-order valence-corrected chi connectivity index (χ3v) is 2.75. The molecule has 3 heteroatoms. The van der Waals surface area contributed by atoms with Crippen molar-refractivity contribution >= 4 is 5.97 Å². The Bertz CT molecular complexity index is 374. The van der Waals surface area contributed by atoms with Crippen LogP contribution in [0.5, 0.6) is 0 Å². The van der Waals surface area contributed by atoms with Crippen LogP contribution in [0.2, 0.25) is 0 Å².